The van der Waals surface area contributed by atoms with Gasteiger partial charge in [0.15, 0.2) is 0 Å². The van der Waals surface area contributed by atoms with Crippen LogP contribution in [0.5, 0.6) is 0 Å². The zero-order valence-corrected chi connectivity index (χ0v) is 30.8. The summed E-state index contributed by atoms with van der Waals surface area (Å²) in [6, 6.07) is 63.3. The zero-order valence-electron chi connectivity index (χ0n) is 30.8. The molecule has 0 aliphatic carbocycles. The largest absolute Gasteiger partial charge is 0.456 e. The fraction of sp³-hybridized carbons (Fsp3) is 0.0385. The maximum absolute atomic E-state index is 6.32. The van der Waals surface area contributed by atoms with Crippen molar-refractivity contribution >= 4 is 77.2 Å². The lowest BCUT2D eigenvalue weighted by atomic mass is 9.98. The number of nitrogens with zero attached hydrogens (tertiary/aromatic N) is 2. The first-order valence-electron chi connectivity index (χ1n) is 18.9. The van der Waals surface area contributed by atoms with Gasteiger partial charge in [-0.1, -0.05) is 121 Å². The standard InChI is InChI=1S/C52H38N2O/c1-3-12-35(4-2)36-21-25-39(26-22-36)53(40-27-23-38(24-28-40)44-18-11-14-37-13-5-6-15-43(37)44)41-29-31-42(32-30-41)54-47-19-9-7-16-45(47)51-48(54)33-34-50-52(51)46-17-8-10-20-49(46)55-50/h3-34H,1-2H3/b12-3-,35-4+. The van der Waals surface area contributed by atoms with Gasteiger partial charge >= 0.3 is 0 Å². The van der Waals surface area contributed by atoms with Crippen LogP contribution in [0.2, 0.25) is 0 Å². The lowest BCUT2D eigenvalue weighted by Crippen LogP contribution is -2.10. The van der Waals surface area contributed by atoms with Crippen LogP contribution in [0.15, 0.2) is 199 Å². The Balaban J connectivity index is 1.10. The number of allylic oxidation sites excluding steroid dienone is 4. The van der Waals surface area contributed by atoms with Crippen molar-refractivity contribution in [3.05, 3.63) is 200 Å². The molecule has 262 valence electrons. The number of hydrogen-bond donors (Lipinski definition) is 0. The quantitative estimate of drug-likeness (QED) is 0.154. The van der Waals surface area contributed by atoms with Crippen LogP contribution in [0.3, 0.4) is 0 Å². The molecule has 0 aliphatic rings. The smallest absolute Gasteiger partial charge is 0.136 e. The van der Waals surface area contributed by atoms with Gasteiger partial charge in [0.25, 0.3) is 0 Å². The van der Waals surface area contributed by atoms with Crippen LogP contribution in [-0.4, -0.2) is 4.57 Å². The third-order valence-corrected chi connectivity index (χ3v) is 10.9. The molecule has 10 rings (SSSR count). The average Bonchev–Trinajstić information content (AvgIpc) is 3.79. The van der Waals surface area contributed by atoms with Crippen LogP contribution in [0.4, 0.5) is 17.1 Å². The Labute approximate surface area is 320 Å². The molecular formula is C52H38N2O. The van der Waals surface area contributed by atoms with Crippen LogP contribution in [-0.2, 0) is 0 Å². The van der Waals surface area contributed by atoms with Crippen molar-refractivity contribution in [2.75, 3.05) is 4.90 Å². The minimum absolute atomic E-state index is 0.910. The predicted molar refractivity (Wildman–Crippen MR) is 234 cm³/mol. The lowest BCUT2D eigenvalue weighted by molar-refractivity contribution is 0.669. The number of aromatic nitrogens is 1. The molecule has 0 bridgehead atoms. The molecular weight excluding hydrogens is 669 g/mol. The van der Waals surface area contributed by atoms with Crippen LogP contribution in [0, 0.1) is 0 Å². The molecule has 0 unspecified atom stereocenters. The van der Waals surface area contributed by atoms with E-state index in [0.717, 1.165) is 50.2 Å². The molecule has 0 spiro atoms. The van der Waals surface area contributed by atoms with E-state index in [1.165, 1.54) is 49.3 Å². The van der Waals surface area contributed by atoms with Gasteiger partial charge in [-0.15, -0.1) is 0 Å². The van der Waals surface area contributed by atoms with Crippen LogP contribution < -0.4 is 4.90 Å². The second kappa shape index (κ2) is 13.4. The SMILES string of the molecule is C/C=C\C(=C/C)c1ccc(N(c2ccc(-c3cccc4ccccc34)cc2)c2ccc(-n3c4ccccc4c4c5c(ccc43)oc3ccccc35)cc2)cc1. The Bertz CT molecular complexity index is 3080. The first-order valence-corrected chi connectivity index (χ1v) is 18.9. The number of para-hydroxylation sites is 2. The number of rotatable bonds is 7. The van der Waals surface area contributed by atoms with Crippen molar-refractivity contribution < 1.29 is 4.42 Å². The predicted octanol–water partition coefficient (Wildman–Crippen LogP) is 15.0. The van der Waals surface area contributed by atoms with E-state index in [1.54, 1.807) is 0 Å². The molecule has 55 heavy (non-hydrogen) atoms. The fourth-order valence-electron chi connectivity index (χ4n) is 8.36. The molecule has 0 saturated heterocycles. The molecule has 0 atom stereocenters. The van der Waals surface area contributed by atoms with Gasteiger partial charge in [-0.3, -0.25) is 0 Å². The molecule has 0 radical (unpaired) electrons. The molecule has 0 N–H and O–H groups in total. The van der Waals surface area contributed by atoms with Gasteiger partial charge in [0, 0.05) is 44.3 Å². The Morgan fingerprint density at radius 3 is 1.89 bits per heavy atom. The highest BCUT2D eigenvalue weighted by Gasteiger charge is 2.19. The fourth-order valence-corrected chi connectivity index (χ4v) is 8.36. The molecule has 2 heterocycles. The molecule has 0 amide bonds. The van der Waals surface area contributed by atoms with Crippen molar-refractivity contribution in [2.24, 2.45) is 0 Å². The summed E-state index contributed by atoms with van der Waals surface area (Å²) in [6.45, 7) is 4.15. The van der Waals surface area contributed by atoms with Gasteiger partial charge in [-0.2, -0.15) is 0 Å². The Kier molecular flexibility index (Phi) is 7.92. The first kappa shape index (κ1) is 32.5. The molecule has 0 fully saturated rings. The number of fused-ring (bicyclic) bond motifs is 8. The molecule has 2 aromatic heterocycles. The molecule has 10 aromatic rings. The summed E-state index contributed by atoms with van der Waals surface area (Å²) in [5.74, 6) is 0. The van der Waals surface area contributed by atoms with Crippen molar-refractivity contribution in [3.63, 3.8) is 0 Å². The summed E-state index contributed by atoms with van der Waals surface area (Å²) in [6.07, 6.45) is 6.41. The van der Waals surface area contributed by atoms with E-state index in [4.69, 9.17) is 4.42 Å². The zero-order chi connectivity index (χ0) is 36.9. The van der Waals surface area contributed by atoms with Crippen molar-refractivity contribution in [2.45, 2.75) is 13.8 Å². The highest BCUT2D eigenvalue weighted by molar-refractivity contribution is 6.27. The molecule has 3 heteroatoms. The normalized spacial score (nSPS) is 12.2. The van der Waals surface area contributed by atoms with E-state index in [9.17, 15) is 0 Å². The van der Waals surface area contributed by atoms with Crippen molar-refractivity contribution in [3.8, 4) is 16.8 Å². The highest BCUT2D eigenvalue weighted by atomic mass is 16.3. The van der Waals surface area contributed by atoms with Crippen molar-refractivity contribution in [1.82, 2.24) is 4.57 Å². The number of benzene rings is 8. The highest BCUT2D eigenvalue weighted by Crippen LogP contribution is 2.42. The Hall–Kier alpha value is -7.10. The second-order valence-corrected chi connectivity index (χ2v) is 14.0. The van der Waals surface area contributed by atoms with E-state index < -0.39 is 0 Å². The van der Waals surface area contributed by atoms with E-state index in [0.29, 0.717) is 0 Å². The van der Waals surface area contributed by atoms with E-state index in [1.807, 2.05) is 6.07 Å². The maximum Gasteiger partial charge on any atom is 0.136 e. The minimum atomic E-state index is 0.910. The van der Waals surface area contributed by atoms with Gasteiger partial charge in [0.2, 0.25) is 0 Å². The third-order valence-electron chi connectivity index (χ3n) is 10.9. The number of anilines is 3. The summed E-state index contributed by atoms with van der Waals surface area (Å²) in [7, 11) is 0. The van der Waals surface area contributed by atoms with Crippen molar-refractivity contribution in [1.29, 1.82) is 0 Å². The van der Waals surface area contributed by atoms with Gasteiger partial charge in [-0.05, 0) is 120 Å². The second-order valence-electron chi connectivity index (χ2n) is 14.0. The Morgan fingerprint density at radius 1 is 0.509 bits per heavy atom. The summed E-state index contributed by atoms with van der Waals surface area (Å²) in [5, 5.41) is 7.24. The van der Waals surface area contributed by atoms with Gasteiger partial charge < -0.3 is 13.9 Å². The number of furan rings is 1. The monoisotopic (exact) mass is 706 g/mol. The van der Waals surface area contributed by atoms with Gasteiger partial charge in [0.1, 0.15) is 11.2 Å². The van der Waals surface area contributed by atoms with Gasteiger partial charge in [-0.25, -0.2) is 0 Å². The van der Waals surface area contributed by atoms with Crippen LogP contribution in [0.25, 0.3) is 76.9 Å². The van der Waals surface area contributed by atoms with E-state index in [-0.39, 0.29) is 0 Å². The van der Waals surface area contributed by atoms with Crippen LogP contribution >= 0.6 is 0 Å². The molecule has 0 saturated carbocycles. The summed E-state index contributed by atoms with van der Waals surface area (Å²) in [5.41, 5.74) is 13.3. The topological polar surface area (TPSA) is 21.3 Å². The summed E-state index contributed by atoms with van der Waals surface area (Å²) >= 11 is 0. The Morgan fingerprint density at radius 2 is 1.15 bits per heavy atom. The first-order chi connectivity index (χ1) is 27.2. The van der Waals surface area contributed by atoms with Gasteiger partial charge in [0.05, 0.1) is 11.0 Å². The molecule has 0 aliphatic heterocycles. The molecule has 8 aromatic carbocycles. The number of hydrogen-bond acceptors (Lipinski definition) is 2. The lowest BCUT2D eigenvalue weighted by Gasteiger charge is -2.26. The molecule has 3 nitrogen and oxygen atoms in total. The summed E-state index contributed by atoms with van der Waals surface area (Å²) < 4.78 is 8.70. The van der Waals surface area contributed by atoms with Crippen LogP contribution in [0.1, 0.15) is 19.4 Å². The maximum atomic E-state index is 6.32. The average molecular weight is 707 g/mol. The van der Waals surface area contributed by atoms with E-state index >= 15 is 0 Å². The third kappa shape index (κ3) is 5.43. The minimum Gasteiger partial charge on any atom is -0.456 e. The summed E-state index contributed by atoms with van der Waals surface area (Å²) in [4.78, 5) is 2.35. The van der Waals surface area contributed by atoms with E-state index in [2.05, 4.69) is 211 Å².